The summed E-state index contributed by atoms with van der Waals surface area (Å²) >= 11 is 11.9. The lowest BCUT2D eigenvalue weighted by Gasteiger charge is -2.31. The molecule has 7 heteroatoms. The Bertz CT molecular complexity index is 506. The number of nitrogens with two attached hydrogens (primary N) is 1. The summed E-state index contributed by atoms with van der Waals surface area (Å²) < 4.78 is 0. The van der Waals surface area contributed by atoms with E-state index in [-0.39, 0.29) is 19.1 Å². The second-order valence-corrected chi connectivity index (χ2v) is 5.87. The minimum atomic E-state index is 0.00780. The molecule has 1 aliphatic heterocycles. The van der Waals surface area contributed by atoms with Crippen molar-refractivity contribution in [2.75, 3.05) is 38.3 Å². The largest absolute Gasteiger partial charge is 0.350 e. The molecule has 1 aromatic carbocycles. The van der Waals surface area contributed by atoms with Gasteiger partial charge in [-0.05, 0) is 31.0 Å². The molecular weight excluding hydrogens is 311 g/mol. The van der Waals surface area contributed by atoms with Crippen LogP contribution in [0.25, 0.3) is 0 Å². The Kier molecular flexibility index (Phi) is 5.70. The molecular formula is C14H20Cl2N4O. The summed E-state index contributed by atoms with van der Waals surface area (Å²) in [6, 6.07) is 5.24. The van der Waals surface area contributed by atoms with E-state index in [0.29, 0.717) is 10.0 Å². The molecule has 1 aromatic rings. The smallest absolute Gasteiger partial charge is 0.256 e. The van der Waals surface area contributed by atoms with E-state index in [9.17, 15) is 4.79 Å². The van der Waals surface area contributed by atoms with Gasteiger partial charge in [0.15, 0.2) is 0 Å². The standard InChI is InChI=1S/C14H20Cl2N4O/c1-18(20-6-2-3-7-20)14(21)9-19(10-17)11-4-5-12(15)13(16)8-11/h4-5,8H,2-3,6-7,9-10,17H2,1H3. The highest BCUT2D eigenvalue weighted by Crippen LogP contribution is 2.27. The minimum absolute atomic E-state index is 0.00780. The van der Waals surface area contributed by atoms with E-state index in [1.807, 2.05) is 6.07 Å². The number of carbonyl (C=O) groups excluding carboxylic acids is 1. The van der Waals surface area contributed by atoms with E-state index in [1.165, 1.54) is 0 Å². The summed E-state index contributed by atoms with van der Waals surface area (Å²) in [5.74, 6) is 0.00780. The number of halogens is 2. The van der Waals surface area contributed by atoms with Crippen molar-refractivity contribution >= 4 is 34.8 Å². The van der Waals surface area contributed by atoms with Crippen LogP contribution in [0.1, 0.15) is 12.8 Å². The molecule has 0 radical (unpaired) electrons. The van der Waals surface area contributed by atoms with Crippen LogP contribution in [0.4, 0.5) is 5.69 Å². The van der Waals surface area contributed by atoms with E-state index in [2.05, 4.69) is 5.01 Å². The lowest BCUT2D eigenvalue weighted by molar-refractivity contribution is -0.142. The number of likely N-dealkylation sites (N-methyl/N-ethyl adjacent to an activating group) is 1. The van der Waals surface area contributed by atoms with Crippen LogP contribution in [-0.4, -0.2) is 49.3 Å². The van der Waals surface area contributed by atoms with Crippen molar-refractivity contribution < 1.29 is 4.79 Å². The molecule has 2 N–H and O–H groups in total. The van der Waals surface area contributed by atoms with E-state index in [0.717, 1.165) is 31.6 Å². The van der Waals surface area contributed by atoms with E-state index < -0.39 is 0 Å². The summed E-state index contributed by atoms with van der Waals surface area (Å²) in [5.41, 5.74) is 6.55. The molecule has 116 valence electrons. The Hall–Kier alpha value is -1.01. The quantitative estimate of drug-likeness (QED) is 0.841. The first-order valence-electron chi connectivity index (χ1n) is 6.94. The molecule has 21 heavy (non-hydrogen) atoms. The predicted octanol–water partition coefficient (Wildman–Crippen LogP) is 2.19. The number of nitrogens with zero attached hydrogens (tertiary/aromatic N) is 3. The van der Waals surface area contributed by atoms with Crippen molar-refractivity contribution in [3.8, 4) is 0 Å². The third-order valence-electron chi connectivity index (χ3n) is 3.68. The Morgan fingerprint density at radius 3 is 2.52 bits per heavy atom. The molecule has 2 rings (SSSR count). The van der Waals surface area contributed by atoms with Crippen LogP contribution in [0.3, 0.4) is 0 Å². The molecule has 0 atom stereocenters. The monoisotopic (exact) mass is 330 g/mol. The number of hydrogen-bond acceptors (Lipinski definition) is 4. The molecule has 0 aromatic heterocycles. The van der Waals surface area contributed by atoms with Crippen molar-refractivity contribution in [1.29, 1.82) is 0 Å². The van der Waals surface area contributed by atoms with Crippen LogP contribution in [-0.2, 0) is 4.79 Å². The molecule has 1 amide bonds. The van der Waals surface area contributed by atoms with Crippen molar-refractivity contribution in [3.05, 3.63) is 28.2 Å². The third kappa shape index (κ3) is 4.01. The van der Waals surface area contributed by atoms with Crippen molar-refractivity contribution in [1.82, 2.24) is 10.0 Å². The Morgan fingerprint density at radius 2 is 1.95 bits per heavy atom. The van der Waals surface area contributed by atoms with Gasteiger partial charge in [0.2, 0.25) is 0 Å². The average Bonchev–Trinajstić information content (AvgIpc) is 3.01. The predicted molar refractivity (Wildman–Crippen MR) is 86.4 cm³/mol. The molecule has 1 saturated heterocycles. The first-order chi connectivity index (χ1) is 10.0. The van der Waals surface area contributed by atoms with Gasteiger partial charge < -0.3 is 10.6 Å². The fourth-order valence-electron chi connectivity index (χ4n) is 2.37. The summed E-state index contributed by atoms with van der Waals surface area (Å²) in [7, 11) is 1.80. The number of amides is 1. The third-order valence-corrected chi connectivity index (χ3v) is 4.42. The number of benzene rings is 1. The summed E-state index contributed by atoms with van der Waals surface area (Å²) in [6.07, 6.45) is 2.26. The van der Waals surface area contributed by atoms with Crippen LogP contribution in [0.5, 0.6) is 0 Å². The van der Waals surface area contributed by atoms with Crippen LogP contribution >= 0.6 is 23.2 Å². The summed E-state index contributed by atoms with van der Waals surface area (Å²) in [4.78, 5) is 14.1. The molecule has 0 saturated carbocycles. The molecule has 0 aliphatic carbocycles. The van der Waals surface area contributed by atoms with E-state index in [1.54, 1.807) is 29.1 Å². The normalized spacial score (nSPS) is 15.2. The SMILES string of the molecule is CN(C(=O)CN(CN)c1ccc(Cl)c(Cl)c1)N1CCCC1. The Morgan fingerprint density at radius 1 is 1.29 bits per heavy atom. The maximum Gasteiger partial charge on any atom is 0.256 e. The van der Waals surface area contributed by atoms with Gasteiger partial charge in [-0.25, -0.2) is 5.01 Å². The lowest BCUT2D eigenvalue weighted by atomic mass is 10.3. The summed E-state index contributed by atoms with van der Waals surface area (Å²) in [5, 5.41) is 4.69. The zero-order valence-electron chi connectivity index (χ0n) is 12.1. The maximum absolute atomic E-state index is 12.4. The molecule has 1 heterocycles. The van der Waals surface area contributed by atoms with Crippen LogP contribution < -0.4 is 10.6 Å². The number of anilines is 1. The first kappa shape index (κ1) is 16.4. The first-order valence-corrected chi connectivity index (χ1v) is 7.70. The highest BCUT2D eigenvalue weighted by molar-refractivity contribution is 6.42. The molecule has 1 aliphatic rings. The van der Waals surface area contributed by atoms with Crippen LogP contribution in [0, 0.1) is 0 Å². The molecule has 1 fully saturated rings. The van der Waals surface area contributed by atoms with Crippen LogP contribution in [0.2, 0.25) is 10.0 Å². The average molecular weight is 331 g/mol. The number of carbonyl (C=O) groups is 1. The van der Waals surface area contributed by atoms with Gasteiger partial charge in [-0.3, -0.25) is 9.80 Å². The minimum Gasteiger partial charge on any atom is -0.350 e. The molecule has 0 spiro atoms. The van der Waals surface area contributed by atoms with E-state index >= 15 is 0 Å². The van der Waals surface area contributed by atoms with Gasteiger partial charge in [0.25, 0.3) is 5.91 Å². The zero-order chi connectivity index (χ0) is 15.4. The zero-order valence-corrected chi connectivity index (χ0v) is 13.6. The van der Waals surface area contributed by atoms with Gasteiger partial charge in [0.1, 0.15) is 0 Å². The van der Waals surface area contributed by atoms with Gasteiger partial charge >= 0.3 is 0 Å². The highest BCUT2D eigenvalue weighted by Gasteiger charge is 2.22. The van der Waals surface area contributed by atoms with Gasteiger partial charge in [0.05, 0.1) is 23.3 Å². The molecule has 5 nitrogen and oxygen atoms in total. The Labute approximate surface area is 135 Å². The van der Waals surface area contributed by atoms with E-state index in [4.69, 9.17) is 28.9 Å². The van der Waals surface area contributed by atoms with Gasteiger partial charge in [-0.15, -0.1) is 0 Å². The number of hydrogen-bond donors (Lipinski definition) is 1. The lowest BCUT2D eigenvalue weighted by Crippen LogP contribution is -2.47. The second kappa shape index (κ2) is 7.31. The van der Waals surface area contributed by atoms with Gasteiger partial charge in [0, 0.05) is 25.8 Å². The van der Waals surface area contributed by atoms with Crippen LogP contribution in [0.15, 0.2) is 18.2 Å². The van der Waals surface area contributed by atoms with Crippen molar-refractivity contribution in [2.45, 2.75) is 12.8 Å². The highest BCUT2D eigenvalue weighted by atomic mass is 35.5. The molecule has 0 unspecified atom stereocenters. The van der Waals surface area contributed by atoms with Crippen molar-refractivity contribution in [3.63, 3.8) is 0 Å². The molecule has 0 bridgehead atoms. The number of hydrazine groups is 1. The van der Waals surface area contributed by atoms with Crippen molar-refractivity contribution in [2.24, 2.45) is 5.73 Å². The Balaban J connectivity index is 2.03. The fraction of sp³-hybridized carbons (Fsp3) is 0.500. The maximum atomic E-state index is 12.4. The summed E-state index contributed by atoms with van der Waals surface area (Å²) in [6.45, 7) is 2.30. The topological polar surface area (TPSA) is 52.8 Å². The second-order valence-electron chi connectivity index (χ2n) is 5.06. The van der Waals surface area contributed by atoms with Gasteiger partial charge in [-0.2, -0.15) is 0 Å². The fourth-order valence-corrected chi connectivity index (χ4v) is 2.66. The van der Waals surface area contributed by atoms with Gasteiger partial charge in [-0.1, -0.05) is 23.2 Å². The number of rotatable bonds is 5.